The van der Waals surface area contributed by atoms with Crippen molar-refractivity contribution in [1.82, 2.24) is 0 Å². The summed E-state index contributed by atoms with van der Waals surface area (Å²) in [6.07, 6.45) is 33.5. The third-order valence-electron chi connectivity index (χ3n) is 7.45. The smallest absolute Gasteiger partial charge is 0.550 e. The van der Waals surface area contributed by atoms with Crippen LogP contribution in [0.4, 0.5) is 0 Å². The van der Waals surface area contributed by atoms with Gasteiger partial charge in [-0.1, -0.05) is 175 Å². The predicted molar refractivity (Wildman–Crippen MR) is 176 cm³/mol. The molecule has 0 atom stereocenters. The van der Waals surface area contributed by atoms with Crippen LogP contribution >= 0.6 is 0 Å². The summed E-state index contributed by atoms with van der Waals surface area (Å²) in [7, 11) is 0. The van der Waals surface area contributed by atoms with Crippen LogP contribution in [0.5, 0.6) is 0 Å². The maximum Gasteiger partial charge on any atom is 2.00 e. The van der Waals surface area contributed by atoms with Crippen molar-refractivity contribution >= 4 is 66.8 Å². The minimum absolute atomic E-state index is 0. The van der Waals surface area contributed by atoms with Gasteiger partial charge in [0.05, 0.1) is 0 Å². The Hall–Kier alpha value is 0.579. The first-order valence-electron chi connectivity index (χ1n) is 17.9. The van der Waals surface area contributed by atoms with Crippen LogP contribution in [0.1, 0.15) is 213 Å². The minimum Gasteiger partial charge on any atom is -0.550 e. The fourth-order valence-corrected chi connectivity index (χ4v) is 4.74. The molecule has 0 aliphatic carbocycles. The third-order valence-corrected chi connectivity index (χ3v) is 7.45. The minimum atomic E-state index is -0.909. The summed E-state index contributed by atoms with van der Waals surface area (Å²) in [5, 5.41) is 30.3. The van der Waals surface area contributed by atoms with E-state index >= 15 is 0 Å². The zero-order chi connectivity index (χ0) is 31.9. The van der Waals surface area contributed by atoms with Crippen molar-refractivity contribution in [1.29, 1.82) is 0 Å². The number of aliphatic carboxylic acids is 3. The van der Waals surface area contributed by atoms with Crippen LogP contribution in [0.15, 0.2) is 0 Å². The monoisotopic (exact) mass is 742 g/mol. The Morgan fingerprint density at radius 3 is 0.591 bits per heavy atom. The molecule has 0 aromatic rings. The molecule has 0 bridgehead atoms. The molecular weight excluding hydrogens is 673 g/mol. The standard InChI is InChI=1S/3C12H24O2.Ba.Li/c3*1-2-3-4-5-6-7-8-9-10-11-12(13)14;;/h3*2-11H2,1H3,(H,13,14);;/q;;;+2;+1/p-3. The van der Waals surface area contributed by atoms with Crippen LogP contribution in [0.25, 0.3) is 0 Å². The van der Waals surface area contributed by atoms with E-state index < -0.39 is 17.9 Å². The number of rotatable bonds is 30. The Kier molecular flexibility index (Phi) is 61.9. The molecule has 0 aliphatic rings. The molecule has 0 N–H and O–H groups in total. The van der Waals surface area contributed by atoms with Gasteiger partial charge in [0.15, 0.2) is 0 Å². The van der Waals surface area contributed by atoms with Crippen molar-refractivity contribution < 1.29 is 48.6 Å². The van der Waals surface area contributed by atoms with Crippen molar-refractivity contribution in [2.24, 2.45) is 0 Å². The van der Waals surface area contributed by atoms with Crippen molar-refractivity contribution in [2.45, 2.75) is 213 Å². The van der Waals surface area contributed by atoms with E-state index in [1.54, 1.807) is 0 Å². The maximum atomic E-state index is 10.1. The van der Waals surface area contributed by atoms with Gasteiger partial charge in [-0.3, -0.25) is 0 Å². The van der Waals surface area contributed by atoms with E-state index in [4.69, 9.17) is 0 Å². The predicted octanol–water partition coefficient (Wildman–Crippen LogP) is 4.59. The van der Waals surface area contributed by atoms with E-state index in [-0.39, 0.29) is 87.0 Å². The number of carbonyl (C=O) groups is 3. The molecule has 8 heteroatoms. The summed E-state index contributed by atoms with van der Waals surface area (Å²) in [4.78, 5) is 30.3. The van der Waals surface area contributed by atoms with Gasteiger partial charge in [-0.25, -0.2) is 0 Å². The maximum absolute atomic E-state index is 10.1. The second kappa shape index (κ2) is 50.4. The average Bonchev–Trinajstić information content (AvgIpc) is 2.95. The molecule has 0 radical (unpaired) electrons. The molecule has 0 saturated carbocycles. The number of hydrogen-bond acceptors (Lipinski definition) is 6. The van der Waals surface area contributed by atoms with Crippen molar-refractivity contribution in [2.75, 3.05) is 0 Å². The Bertz CT molecular complexity index is 487. The average molecular weight is 742 g/mol. The van der Waals surface area contributed by atoms with Crippen molar-refractivity contribution in [3.8, 4) is 0 Å². The number of carboxylic acid groups (broad SMARTS) is 3. The summed E-state index contributed by atoms with van der Waals surface area (Å²) in [5.41, 5.74) is 0. The molecule has 0 unspecified atom stereocenters. The molecule has 0 aromatic carbocycles. The van der Waals surface area contributed by atoms with Crippen LogP contribution in [0.2, 0.25) is 0 Å². The van der Waals surface area contributed by atoms with E-state index in [1.165, 1.54) is 135 Å². The van der Waals surface area contributed by atoms with E-state index in [2.05, 4.69) is 20.8 Å². The van der Waals surface area contributed by atoms with E-state index in [0.29, 0.717) is 0 Å². The Labute approximate surface area is 325 Å². The van der Waals surface area contributed by atoms with Gasteiger partial charge >= 0.3 is 67.7 Å². The molecule has 0 rings (SSSR count). The summed E-state index contributed by atoms with van der Waals surface area (Å²) in [6.45, 7) is 6.67. The fourth-order valence-electron chi connectivity index (χ4n) is 4.74. The molecule has 252 valence electrons. The van der Waals surface area contributed by atoms with Gasteiger partial charge in [-0.05, 0) is 38.5 Å². The summed E-state index contributed by atoms with van der Waals surface area (Å²) in [5.74, 6) is -2.73. The second-order valence-corrected chi connectivity index (χ2v) is 11.9. The number of unbranched alkanes of at least 4 members (excludes halogenated alkanes) is 24. The van der Waals surface area contributed by atoms with E-state index in [1.807, 2.05) is 0 Å². The molecular formula is C36H69BaLiO6. The van der Waals surface area contributed by atoms with Gasteiger partial charge < -0.3 is 29.7 Å². The zero-order valence-electron chi connectivity index (χ0n) is 29.9. The normalized spacial score (nSPS) is 9.89. The molecule has 0 saturated heterocycles. The van der Waals surface area contributed by atoms with Gasteiger partial charge in [0.25, 0.3) is 0 Å². The van der Waals surface area contributed by atoms with Crippen LogP contribution in [0, 0.1) is 0 Å². The Morgan fingerprint density at radius 1 is 0.318 bits per heavy atom. The van der Waals surface area contributed by atoms with E-state index in [9.17, 15) is 29.7 Å². The van der Waals surface area contributed by atoms with Crippen molar-refractivity contribution in [3.05, 3.63) is 0 Å². The summed E-state index contributed by atoms with van der Waals surface area (Å²) < 4.78 is 0. The van der Waals surface area contributed by atoms with Gasteiger partial charge in [0, 0.05) is 17.9 Å². The summed E-state index contributed by atoms with van der Waals surface area (Å²) >= 11 is 0. The molecule has 0 heterocycles. The first-order chi connectivity index (χ1) is 20.3. The Balaban J connectivity index is -0.000000169. The largest absolute Gasteiger partial charge is 2.00 e. The third kappa shape index (κ3) is 65.3. The van der Waals surface area contributed by atoms with Crippen LogP contribution in [-0.4, -0.2) is 66.8 Å². The molecule has 0 aromatic heterocycles. The van der Waals surface area contributed by atoms with Crippen LogP contribution in [0.3, 0.4) is 0 Å². The quantitative estimate of drug-likeness (QED) is 0.0785. The molecule has 0 aliphatic heterocycles. The van der Waals surface area contributed by atoms with Gasteiger partial charge in [-0.15, -0.1) is 0 Å². The first-order valence-corrected chi connectivity index (χ1v) is 17.9. The number of carboxylic acids is 3. The van der Waals surface area contributed by atoms with Gasteiger partial charge in [0.1, 0.15) is 0 Å². The van der Waals surface area contributed by atoms with Crippen LogP contribution in [-0.2, 0) is 14.4 Å². The molecule has 0 amide bonds. The van der Waals surface area contributed by atoms with Gasteiger partial charge in [-0.2, -0.15) is 0 Å². The van der Waals surface area contributed by atoms with Gasteiger partial charge in [0.2, 0.25) is 0 Å². The first kappa shape index (κ1) is 54.0. The molecule has 6 nitrogen and oxygen atoms in total. The van der Waals surface area contributed by atoms with E-state index in [0.717, 1.165) is 38.5 Å². The number of carbonyl (C=O) groups excluding carboxylic acids is 3. The Morgan fingerprint density at radius 2 is 0.455 bits per heavy atom. The fraction of sp³-hybridized carbons (Fsp3) is 0.917. The zero-order valence-corrected chi connectivity index (χ0v) is 34.3. The molecule has 0 fully saturated rings. The summed E-state index contributed by atoms with van der Waals surface area (Å²) in [6, 6.07) is 0. The molecule has 0 spiro atoms. The van der Waals surface area contributed by atoms with Crippen molar-refractivity contribution in [3.63, 3.8) is 0 Å². The van der Waals surface area contributed by atoms with Crippen LogP contribution < -0.4 is 34.2 Å². The molecule has 44 heavy (non-hydrogen) atoms. The second-order valence-electron chi connectivity index (χ2n) is 11.9. The SMILES string of the molecule is CCCCCCCCCCCC(=O)[O-].CCCCCCCCCCCC(=O)[O-].CCCCCCCCCCCC(=O)[O-].[Ba+2].[Li+]. The number of hydrogen-bond donors (Lipinski definition) is 0. The topological polar surface area (TPSA) is 120 Å².